The highest BCUT2D eigenvalue weighted by Gasteiger charge is 2.44. The van der Waals surface area contributed by atoms with Gasteiger partial charge in [0, 0.05) is 42.3 Å². The third-order valence-corrected chi connectivity index (χ3v) is 5.92. The molecular formula is C24H25FN4. The standard InChI is InChI=1S/C24H25FN4/c1-17(22-5-3-4-11-27-22)24-14-18(15-26)23(13-19(24)10-12-29(2)16-24)28-21-8-6-20(25)7-9-21/h3-9,11,13,15,26,28H,1,10,12,14,16H2,2H3. The van der Waals surface area contributed by atoms with E-state index in [1.54, 1.807) is 18.3 Å². The lowest BCUT2D eigenvalue weighted by atomic mass is 9.63. The highest BCUT2D eigenvalue weighted by atomic mass is 19.1. The van der Waals surface area contributed by atoms with Crippen molar-refractivity contribution in [1.29, 1.82) is 5.41 Å². The molecule has 1 aromatic carbocycles. The third-order valence-electron chi connectivity index (χ3n) is 5.92. The van der Waals surface area contributed by atoms with Crippen LogP contribution in [0.2, 0.25) is 0 Å². The monoisotopic (exact) mass is 388 g/mol. The van der Waals surface area contributed by atoms with Gasteiger partial charge in [0.1, 0.15) is 5.82 Å². The maximum atomic E-state index is 13.3. The van der Waals surface area contributed by atoms with Crippen molar-refractivity contribution in [2.45, 2.75) is 12.8 Å². The summed E-state index contributed by atoms with van der Waals surface area (Å²) in [7, 11) is 2.13. The Labute approximate surface area is 171 Å². The molecule has 2 heterocycles. The summed E-state index contributed by atoms with van der Waals surface area (Å²) in [5.41, 5.74) is 5.54. The Morgan fingerprint density at radius 2 is 2.07 bits per heavy atom. The van der Waals surface area contributed by atoms with Crippen LogP contribution in [0, 0.1) is 16.6 Å². The molecule has 0 saturated carbocycles. The number of likely N-dealkylation sites (tertiary alicyclic amines) is 1. The number of rotatable bonds is 5. The lowest BCUT2D eigenvalue weighted by molar-refractivity contribution is 0.212. The SMILES string of the molecule is C=C(c1ccccn1)C12CC(C=N)=C(Nc3ccc(F)cc3)C=C1CCN(C)C2. The minimum atomic E-state index is -0.276. The molecule has 1 unspecified atom stereocenters. The molecule has 1 fully saturated rings. The van der Waals surface area contributed by atoms with Crippen molar-refractivity contribution >= 4 is 17.5 Å². The number of aromatic nitrogens is 1. The van der Waals surface area contributed by atoms with E-state index in [0.29, 0.717) is 6.42 Å². The van der Waals surface area contributed by atoms with E-state index in [9.17, 15) is 4.39 Å². The zero-order chi connectivity index (χ0) is 20.4. The molecule has 0 amide bonds. The molecule has 2 N–H and O–H groups in total. The van der Waals surface area contributed by atoms with E-state index in [1.807, 2.05) is 18.2 Å². The Morgan fingerprint density at radius 1 is 1.28 bits per heavy atom. The van der Waals surface area contributed by atoms with Crippen molar-refractivity contribution in [3.05, 3.63) is 89.7 Å². The molecule has 1 atom stereocenters. The highest BCUT2D eigenvalue weighted by Crippen LogP contribution is 2.51. The number of benzene rings is 1. The smallest absolute Gasteiger partial charge is 0.123 e. The van der Waals surface area contributed by atoms with Crippen LogP contribution < -0.4 is 5.32 Å². The minimum absolute atomic E-state index is 0.264. The predicted molar refractivity (Wildman–Crippen MR) is 116 cm³/mol. The molecule has 4 nitrogen and oxygen atoms in total. The first kappa shape index (κ1) is 19.3. The Kier molecular flexibility index (Phi) is 5.16. The molecule has 1 aromatic heterocycles. The number of hydrogen-bond acceptors (Lipinski definition) is 4. The van der Waals surface area contributed by atoms with E-state index in [1.165, 1.54) is 23.9 Å². The molecule has 5 heteroatoms. The van der Waals surface area contributed by atoms with Crippen molar-refractivity contribution in [3.63, 3.8) is 0 Å². The number of fused-ring (bicyclic) bond motifs is 1. The summed E-state index contributed by atoms with van der Waals surface area (Å²) >= 11 is 0. The van der Waals surface area contributed by atoms with Gasteiger partial charge in [0.15, 0.2) is 0 Å². The van der Waals surface area contributed by atoms with Gasteiger partial charge in [-0.3, -0.25) is 4.98 Å². The minimum Gasteiger partial charge on any atom is -0.355 e. The summed E-state index contributed by atoms with van der Waals surface area (Å²) in [6.45, 7) is 6.28. The van der Waals surface area contributed by atoms with Gasteiger partial charge in [0.25, 0.3) is 0 Å². The summed E-state index contributed by atoms with van der Waals surface area (Å²) in [5.74, 6) is -0.264. The topological polar surface area (TPSA) is 52.0 Å². The normalized spacial score (nSPS) is 21.9. The van der Waals surface area contributed by atoms with Gasteiger partial charge in [-0.05, 0) is 73.5 Å². The number of allylic oxidation sites excluding steroid dienone is 2. The molecule has 1 saturated heterocycles. The fourth-order valence-electron chi connectivity index (χ4n) is 4.38. The maximum Gasteiger partial charge on any atom is 0.123 e. The van der Waals surface area contributed by atoms with Crippen molar-refractivity contribution < 1.29 is 4.39 Å². The van der Waals surface area contributed by atoms with E-state index < -0.39 is 0 Å². The van der Waals surface area contributed by atoms with Gasteiger partial charge in [0.2, 0.25) is 0 Å². The number of nitrogens with one attached hydrogen (secondary N) is 2. The van der Waals surface area contributed by atoms with E-state index in [4.69, 9.17) is 5.41 Å². The third kappa shape index (κ3) is 3.66. The quantitative estimate of drug-likeness (QED) is 0.716. The molecule has 4 rings (SSSR count). The first-order valence-corrected chi connectivity index (χ1v) is 9.78. The number of nitrogens with zero attached hydrogens (tertiary/aromatic N) is 2. The zero-order valence-corrected chi connectivity index (χ0v) is 16.6. The van der Waals surface area contributed by atoms with Crippen molar-refractivity contribution in [1.82, 2.24) is 9.88 Å². The molecule has 1 aliphatic heterocycles. The molecule has 2 aliphatic rings. The average molecular weight is 388 g/mol. The van der Waals surface area contributed by atoms with E-state index in [2.05, 4.69) is 34.9 Å². The molecule has 0 bridgehead atoms. The van der Waals surface area contributed by atoms with Crippen LogP contribution in [0.1, 0.15) is 18.5 Å². The summed E-state index contributed by atoms with van der Waals surface area (Å²) in [5, 5.41) is 11.4. The lowest BCUT2D eigenvalue weighted by Gasteiger charge is -2.47. The molecule has 0 spiro atoms. The van der Waals surface area contributed by atoms with Gasteiger partial charge >= 0.3 is 0 Å². The van der Waals surface area contributed by atoms with E-state index in [-0.39, 0.29) is 11.2 Å². The Bertz CT molecular complexity index is 991. The van der Waals surface area contributed by atoms with Crippen LogP contribution in [0.4, 0.5) is 10.1 Å². The second-order valence-corrected chi connectivity index (χ2v) is 7.82. The molecule has 1 aliphatic carbocycles. The van der Waals surface area contributed by atoms with Crippen molar-refractivity contribution in [2.75, 3.05) is 25.5 Å². The molecule has 148 valence electrons. The molecule has 29 heavy (non-hydrogen) atoms. The van der Waals surface area contributed by atoms with Crippen LogP contribution in [0.25, 0.3) is 5.57 Å². The first-order valence-electron chi connectivity index (χ1n) is 9.78. The predicted octanol–water partition coefficient (Wildman–Crippen LogP) is 4.90. The second-order valence-electron chi connectivity index (χ2n) is 7.82. The van der Waals surface area contributed by atoms with Crippen LogP contribution >= 0.6 is 0 Å². The Morgan fingerprint density at radius 3 is 2.76 bits per heavy atom. The number of halogens is 1. The summed E-state index contributed by atoms with van der Waals surface area (Å²) in [6, 6.07) is 12.2. The maximum absolute atomic E-state index is 13.3. The summed E-state index contributed by atoms with van der Waals surface area (Å²) < 4.78 is 13.3. The van der Waals surface area contributed by atoms with Crippen molar-refractivity contribution in [2.24, 2.45) is 5.41 Å². The zero-order valence-electron chi connectivity index (χ0n) is 16.6. The summed E-state index contributed by atoms with van der Waals surface area (Å²) in [4.78, 5) is 6.87. The molecule has 0 radical (unpaired) electrons. The van der Waals surface area contributed by atoms with E-state index >= 15 is 0 Å². The van der Waals surface area contributed by atoms with Crippen LogP contribution in [0.3, 0.4) is 0 Å². The average Bonchev–Trinajstić information content (AvgIpc) is 2.75. The molecule has 2 aromatic rings. The van der Waals surface area contributed by atoms with Gasteiger partial charge in [-0.15, -0.1) is 0 Å². The van der Waals surface area contributed by atoms with E-state index in [0.717, 1.165) is 47.7 Å². The van der Waals surface area contributed by atoms with Crippen LogP contribution in [0.15, 0.2) is 78.2 Å². The highest BCUT2D eigenvalue weighted by molar-refractivity contribution is 5.84. The number of pyridine rings is 1. The van der Waals surface area contributed by atoms with Crippen molar-refractivity contribution in [3.8, 4) is 0 Å². The number of anilines is 1. The lowest BCUT2D eigenvalue weighted by Crippen LogP contribution is -2.45. The number of hydrogen-bond donors (Lipinski definition) is 2. The van der Waals surface area contributed by atoms with Crippen LogP contribution in [-0.2, 0) is 0 Å². The van der Waals surface area contributed by atoms with Gasteiger partial charge in [-0.25, -0.2) is 4.39 Å². The second kappa shape index (κ2) is 7.76. The Hall–Kier alpha value is -3.05. The van der Waals surface area contributed by atoms with Gasteiger partial charge < -0.3 is 15.6 Å². The largest absolute Gasteiger partial charge is 0.355 e. The first-order chi connectivity index (χ1) is 14.0. The fourth-order valence-corrected chi connectivity index (χ4v) is 4.38. The summed E-state index contributed by atoms with van der Waals surface area (Å²) in [6.07, 6.45) is 6.99. The number of piperidine rings is 1. The van der Waals surface area contributed by atoms with Gasteiger partial charge in [-0.1, -0.05) is 18.2 Å². The fraction of sp³-hybridized carbons (Fsp3) is 0.250. The van der Waals surface area contributed by atoms with Gasteiger partial charge in [-0.2, -0.15) is 0 Å². The van der Waals surface area contributed by atoms with Gasteiger partial charge in [0.05, 0.1) is 5.69 Å². The Balaban J connectivity index is 1.73. The van der Waals surface area contributed by atoms with Crippen LogP contribution in [-0.4, -0.2) is 36.2 Å². The van der Waals surface area contributed by atoms with Crippen LogP contribution in [0.5, 0.6) is 0 Å². The molecular weight excluding hydrogens is 363 g/mol.